The molecule has 0 fully saturated rings. The van der Waals surface area contributed by atoms with Gasteiger partial charge in [-0.15, -0.1) is 0 Å². The third kappa shape index (κ3) is 5.68. The van der Waals surface area contributed by atoms with Crippen LogP contribution in [0, 0.1) is 0 Å². The van der Waals surface area contributed by atoms with Gasteiger partial charge < -0.3 is 24.6 Å². The number of carbonyl (C=O) groups is 1. The number of methoxy groups -OCH3 is 1. The second-order valence-corrected chi connectivity index (χ2v) is 7.16. The maximum atomic E-state index is 13.0. The molecule has 7 nitrogen and oxygen atoms in total. The van der Waals surface area contributed by atoms with Gasteiger partial charge in [0.2, 0.25) is 5.88 Å². The number of carbonyl (C=O) groups excluding carboxylic acids is 1. The molecule has 2 N–H and O–H groups in total. The third-order valence-corrected chi connectivity index (χ3v) is 5.08. The molecule has 0 bridgehead atoms. The van der Waals surface area contributed by atoms with Crippen molar-refractivity contribution < 1.29 is 24.5 Å². The molecule has 1 aliphatic rings. The number of amides is 1. The minimum absolute atomic E-state index is 0.00354. The third-order valence-electron chi connectivity index (χ3n) is 5.08. The zero-order valence-electron chi connectivity index (χ0n) is 16.7. The first-order valence-electron chi connectivity index (χ1n) is 9.95. The number of aliphatic hydroxyl groups excluding tert-OH is 2. The topological polar surface area (TPSA) is 92.1 Å². The molecule has 0 unspecified atom stereocenters. The highest BCUT2D eigenvalue weighted by molar-refractivity contribution is 5.92. The van der Waals surface area contributed by atoms with Gasteiger partial charge in [0, 0.05) is 19.2 Å². The van der Waals surface area contributed by atoms with Crippen LogP contribution in [-0.4, -0.2) is 65.0 Å². The van der Waals surface area contributed by atoms with Gasteiger partial charge in [0.15, 0.2) is 0 Å². The van der Waals surface area contributed by atoms with E-state index in [-0.39, 0.29) is 18.9 Å². The fourth-order valence-electron chi connectivity index (χ4n) is 3.36. The van der Waals surface area contributed by atoms with Gasteiger partial charge in [-0.25, -0.2) is 4.98 Å². The van der Waals surface area contributed by atoms with Gasteiger partial charge in [-0.1, -0.05) is 24.3 Å². The van der Waals surface area contributed by atoms with Crippen LogP contribution in [0.2, 0.25) is 0 Å². The number of nitrogens with zero attached hydrogens (tertiary/aromatic N) is 2. The minimum Gasteiger partial charge on any atom is -0.491 e. The van der Waals surface area contributed by atoms with Gasteiger partial charge in [0.05, 0.1) is 13.2 Å². The van der Waals surface area contributed by atoms with E-state index in [1.165, 1.54) is 7.11 Å². The molecule has 0 radical (unpaired) electrons. The highest BCUT2D eigenvalue weighted by Gasteiger charge is 2.23. The van der Waals surface area contributed by atoms with Crippen LogP contribution in [-0.2, 0) is 6.42 Å². The van der Waals surface area contributed by atoms with Crippen molar-refractivity contribution in [2.75, 3.05) is 26.8 Å². The standard InChI is InChI=1S/C22H28N2O5/c1-28-21-11-6-9-17(23-21)22(27)24-13-5-4-8-16-7-2-3-10-20(16)29-15-19(26)18(25)12-14-24/h2-3,6-7,9-11,18-19,25-26H,4-5,8,12-15H2,1H3/t18-,19+/m0/s1. The van der Waals surface area contributed by atoms with Crippen molar-refractivity contribution in [3.63, 3.8) is 0 Å². The summed E-state index contributed by atoms with van der Waals surface area (Å²) in [5.74, 6) is 0.898. The molecule has 1 aromatic carbocycles. The van der Waals surface area contributed by atoms with Crippen molar-refractivity contribution in [3.05, 3.63) is 53.7 Å². The molecule has 3 rings (SSSR count). The lowest BCUT2D eigenvalue weighted by Gasteiger charge is -2.25. The smallest absolute Gasteiger partial charge is 0.272 e. The normalized spacial score (nSPS) is 21.0. The Morgan fingerprint density at radius 3 is 2.76 bits per heavy atom. The molecule has 0 aliphatic carbocycles. The Kier molecular flexibility index (Phi) is 7.43. The summed E-state index contributed by atoms with van der Waals surface area (Å²) in [6, 6.07) is 12.8. The van der Waals surface area contributed by atoms with Gasteiger partial charge in [-0.3, -0.25) is 4.79 Å². The number of para-hydroxylation sites is 1. The molecule has 2 heterocycles. The molecule has 0 saturated heterocycles. The Balaban J connectivity index is 1.75. The number of benzene rings is 1. The fourth-order valence-corrected chi connectivity index (χ4v) is 3.36. The number of fused-ring (bicyclic) bond motifs is 1. The summed E-state index contributed by atoms with van der Waals surface area (Å²) in [5, 5.41) is 20.6. The largest absolute Gasteiger partial charge is 0.491 e. The van der Waals surface area contributed by atoms with Crippen molar-refractivity contribution in [2.24, 2.45) is 0 Å². The van der Waals surface area contributed by atoms with Gasteiger partial charge in [0.1, 0.15) is 24.2 Å². The summed E-state index contributed by atoms with van der Waals surface area (Å²) in [7, 11) is 1.51. The molecule has 2 aromatic rings. The fraction of sp³-hybridized carbons (Fsp3) is 0.455. The minimum atomic E-state index is -1.03. The lowest BCUT2D eigenvalue weighted by atomic mass is 10.1. The van der Waals surface area contributed by atoms with Crippen LogP contribution in [0.5, 0.6) is 11.6 Å². The van der Waals surface area contributed by atoms with Crippen LogP contribution in [0.1, 0.15) is 35.3 Å². The van der Waals surface area contributed by atoms with Crippen LogP contribution in [0.25, 0.3) is 0 Å². The van der Waals surface area contributed by atoms with E-state index in [0.29, 0.717) is 24.7 Å². The number of aryl methyl sites for hydroxylation is 1. The summed E-state index contributed by atoms with van der Waals surface area (Å²) in [6.45, 7) is 0.871. The van der Waals surface area contributed by atoms with E-state index in [2.05, 4.69) is 4.98 Å². The molecular weight excluding hydrogens is 372 g/mol. The predicted molar refractivity (Wildman–Crippen MR) is 108 cm³/mol. The Bertz CT molecular complexity index is 813. The number of aliphatic hydroxyl groups is 2. The molecule has 29 heavy (non-hydrogen) atoms. The molecule has 0 spiro atoms. The maximum Gasteiger partial charge on any atom is 0.272 e. The van der Waals surface area contributed by atoms with Crippen LogP contribution < -0.4 is 9.47 Å². The summed E-state index contributed by atoms with van der Waals surface area (Å²) >= 11 is 0. The second-order valence-electron chi connectivity index (χ2n) is 7.16. The number of aromatic nitrogens is 1. The SMILES string of the molecule is COc1cccc(C(=O)N2CCCCc3ccccc3OC[C@@H](O)[C@@H](O)CC2)n1. The number of ether oxygens (including phenoxy) is 2. The maximum absolute atomic E-state index is 13.0. The molecule has 0 saturated carbocycles. The zero-order valence-corrected chi connectivity index (χ0v) is 16.7. The lowest BCUT2D eigenvalue weighted by molar-refractivity contribution is -0.0150. The van der Waals surface area contributed by atoms with Crippen molar-refractivity contribution in [2.45, 2.75) is 37.9 Å². The quantitative estimate of drug-likeness (QED) is 0.802. The van der Waals surface area contributed by atoms with Crippen LogP contribution >= 0.6 is 0 Å². The van der Waals surface area contributed by atoms with Gasteiger partial charge in [-0.2, -0.15) is 0 Å². The highest BCUT2D eigenvalue weighted by Crippen LogP contribution is 2.21. The van der Waals surface area contributed by atoms with Gasteiger partial charge in [0.25, 0.3) is 5.91 Å². The van der Waals surface area contributed by atoms with E-state index in [9.17, 15) is 15.0 Å². The van der Waals surface area contributed by atoms with Crippen LogP contribution in [0.15, 0.2) is 42.5 Å². The summed E-state index contributed by atoms with van der Waals surface area (Å²) in [6.07, 6.45) is 0.742. The average molecular weight is 400 g/mol. The summed E-state index contributed by atoms with van der Waals surface area (Å²) < 4.78 is 10.9. The van der Waals surface area contributed by atoms with Crippen molar-refractivity contribution in [1.29, 1.82) is 0 Å². The second kappa shape index (κ2) is 10.2. The first kappa shape index (κ1) is 21.1. The predicted octanol–water partition coefficient (Wildman–Crippen LogP) is 2.06. The average Bonchev–Trinajstić information content (AvgIpc) is 2.77. The Labute approximate surface area is 170 Å². The van der Waals surface area contributed by atoms with Gasteiger partial charge >= 0.3 is 0 Å². The monoisotopic (exact) mass is 400 g/mol. The van der Waals surface area contributed by atoms with E-state index in [4.69, 9.17) is 9.47 Å². The Morgan fingerprint density at radius 2 is 1.93 bits per heavy atom. The summed E-state index contributed by atoms with van der Waals surface area (Å²) in [4.78, 5) is 18.9. The summed E-state index contributed by atoms with van der Waals surface area (Å²) in [5.41, 5.74) is 1.36. The first-order chi connectivity index (χ1) is 14.1. The Hall–Kier alpha value is -2.64. The van der Waals surface area contributed by atoms with E-state index in [0.717, 1.165) is 30.6 Å². The molecule has 7 heteroatoms. The molecule has 1 amide bonds. The number of pyridine rings is 1. The molecular formula is C22H28N2O5. The van der Waals surface area contributed by atoms with Crippen LogP contribution in [0.3, 0.4) is 0 Å². The van der Waals surface area contributed by atoms with Gasteiger partial charge in [-0.05, 0) is 43.4 Å². The molecule has 1 aliphatic heterocycles. The van der Waals surface area contributed by atoms with E-state index in [1.807, 2.05) is 24.3 Å². The van der Waals surface area contributed by atoms with E-state index in [1.54, 1.807) is 23.1 Å². The molecule has 2 atom stereocenters. The highest BCUT2D eigenvalue weighted by atomic mass is 16.5. The molecule has 156 valence electrons. The lowest BCUT2D eigenvalue weighted by Crippen LogP contribution is -2.38. The van der Waals surface area contributed by atoms with E-state index >= 15 is 0 Å². The van der Waals surface area contributed by atoms with Crippen LogP contribution in [0.4, 0.5) is 0 Å². The van der Waals surface area contributed by atoms with Crippen molar-refractivity contribution in [3.8, 4) is 11.6 Å². The van der Waals surface area contributed by atoms with E-state index < -0.39 is 12.2 Å². The molecule has 1 aromatic heterocycles. The first-order valence-corrected chi connectivity index (χ1v) is 9.95. The van der Waals surface area contributed by atoms with Crippen molar-refractivity contribution >= 4 is 5.91 Å². The number of rotatable bonds is 2. The van der Waals surface area contributed by atoms with Crippen molar-refractivity contribution in [1.82, 2.24) is 9.88 Å². The zero-order chi connectivity index (χ0) is 20.6. The number of hydrogen-bond acceptors (Lipinski definition) is 6. The Morgan fingerprint density at radius 1 is 1.10 bits per heavy atom. The number of hydrogen-bond donors (Lipinski definition) is 2.